The van der Waals surface area contributed by atoms with E-state index in [1.54, 1.807) is 0 Å². The SMILES string of the molecule is CCCC(CN1CCOCC1)n1cc(C)c2nc(-c3ccc(C(C)C)nc3CC)c(C)nc21. The Labute approximate surface area is 198 Å². The van der Waals surface area contributed by atoms with E-state index in [9.17, 15) is 0 Å². The van der Waals surface area contributed by atoms with Crippen LogP contribution in [0.5, 0.6) is 0 Å². The van der Waals surface area contributed by atoms with E-state index in [0.717, 1.165) is 91.6 Å². The lowest BCUT2D eigenvalue weighted by molar-refractivity contribution is 0.0311. The van der Waals surface area contributed by atoms with Crippen LogP contribution in [-0.4, -0.2) is 57.3 Å². The van der Waals surface area contributed by atoms with Crippen LogP contribution in [0.3, 0.4) is 0 Å². The summed E-state index contributed by atoms with van der Waals surface area (Å²) in [7, 11) is 0. The first kappa shape index (κ1) is 23.8. The van der Waals surface area contributed by atoms with Gasteiger partial charge in [0.05, 0.1) is 24.6 Å². The molecule has 3 aromatic heterocycles. The van der Waals surface area contributed by atoms with E-state index in [0.29, 0.717) is 12.0 Å². The van der Waals surface area contributed by atoms with Crippen LogP contribution in [0.2, 0.25) is 0 Å². The number of aromatic nitrogens is 4. The van der Waals surface area contributed by atoms with Gasteiger partial charge in [-0.2, -0.15) is 0 Å². The second-order valence-electron chi connectivity index (χ2n) is 9.64. The van der Waals surface area contributed by atoms with Gasteiger partial charge in [0.2, 0.25) is 0 Å². The monoisotopic (exact) mass is 449 g/mol. The molecule has 1 atom stereocenters. The van der Waals surface area contributed by atoms with Crippen LogP contribution in [0.15, 0.2) is 18.3 Å². The fraction of sp³-hybridized carbons (Fsp3) is 0.593. The Bertz CT molecular complexity index is 1100. The summed E-state index contributed by atoms with van der Waals surface area (Å²) in [6, 6.07) is 4.72. The summed E-state index contributed by atoms with van der Waals surface area (Å²) in [6.07, 6.45) is 5.41. The maximum Gasteiger partial charge on any atom is 0.159 e. The van der Waals surface area contributed by atoms with Gasteiger partial charge in [-0.05, 0) is 50.3 Å². The Morgan fingerprint density at radius 2 is 1.79 bits per heavy atom. The fourth-order valence-electron chi connectivity index (χ4n) is 4.87. The molecule has 6 heteroatoms. The molecule has 1 unspecified atom stereocenters. The van der Waals surface area contributed by atoms with Crippen LogP contribution < -0.4 is 0 Å². The van der Waals surface area contributed by atoms with Crippen molar-refractivity contribution in [2.24, 2.45) is 0 Å². The lowest BCUT2D eigenvalue weighted by Gasteiger charge is -2.31. The number of nitrogens with zero attached hydrogens (tertiary/aromatic N) is 5. The van der Waals surface area contributed by atoms with E-state index in [2.05, 4.69) is 69.3 Å². The average molecular weight is 450 g/mol. The molecule has 0 aliphatic carbocycles. The van der Waals surface area contributed by atoms with E-state index in [4.69, 9.17) is 19.7 Å². The van der Waals surface area contributed by atoms with Crippen molar-refractivity contribution in [3.05, 3.63) is 41.0 Å². The highest BCUT2D eigenvalue weighted by Gasteiger charge is 2.22. The molecular formula is C27H39N5O. The van der Waals surface area contributed by atoms with Gasteiger partial charge in [0.1, 0.15) is 5.52 Å². The largest absolute Gasteiger partial charge is 0.379 e. The van der Waals surface area contributed by atoms with Gasteiger partial charge in [-0.25, -0.2) is 9.97 Å². The first-order chi connectivity index (χ1) is 15.9. The Hall–Kier alpha value is -2.31. The summed E-state index contributed by atoms with van der Waals surface area (Å²) in [6.45, 7) is 17.8. The number of fused-ring (bicyclic) bond motifs is 1. The molecule has 1 aliphatic rings. The molecule has 0 aromatic carbocycles. The minimum atomic E-state index is 0.391. The van der Waals surface area contributed by atoms with Crippen molar-refractivity contribution in [1.82, 2.24) is 24.4 Å². The second-order valence-corrected chi connectivity index (χ2v) is 9.64. The number of pyridine rings is 1. The van der Waals surface area contributed by atoms with E-state index in [1.807, 2.05) is 0 Å². The predicted molar refractivity (Wildman–Crippen MR) is 135 cm³/mol. The van der Waals surface area contributed by atoms with Crippen molar-refractivity contribution in [2.75, 3.05) is 32.8 Å². The zero-order valence-electron chi connectivity index (χ0n) is 21.2. The summed E-state index contributed by atoms with van der Waals surface area (Å²) in [5, 5.41) is 0. The second kappa shape index (κ2) is 10.3. The Morgan fingerprint density at radius 1 is 1.03 bits per heavy atom. The minimum Gasteiger partial charge on any atom is -0.379 e. The highest BCUT2D eigenvalue weighted by atomic mass is 16.5. The number of hydrogen-bond donors (Lipinski definition) is 0. The summed E-state index contributed by atoms with van der Waals surface area (Å²) in [5.41, 5.74) is 8.48. The normalized spacial score (nSPS) is 16.1. The number of ether oxygens (including phenoxy) is 1. The molecule has 1 saturated heterocycles. The molecule has 178 valence electrons. The number of aryl methyl sites for hydroxylation is 3. The molecule has 33 heavy (non-hydrogen) atoms. The molecule has 1 aliphatic heterocycles. The number of hydrogen-bond acceptors (Lipinski definition) is 5. The number of rotatable bonds is 8. The van der Waals surface area contributed by atoms with Gasteiger partial charge in [0.15, 0.2) is 5.65 Å². The van der Waals surface area contributed by atoms with Gasteiger partial charge in [-0.1, -0.05) is 34.1 Å². The third-order valence-electron chi connectivity index (χ3n) is 6.77. The maximum atomic E-state index is 5.56. The van der Waals surface area contributed by atoms with E-state index in [-0.39, 0.29) is 0 Å². The van der Waals surface area contributed by atoms with Gasteiger partial charge in [0.25, 0.3) is 0 Å². The van der Waals surface area contributed by atoms with Crippen LogP contribution in [-0.2, 0) is 11.2 Å². The lowest BCUT2D eigenvalue weighted by atomic mass is 10.0. The molecule has 0 N–H and O–H groups in total. The molecular weight excluding hydrogens is 410 g/mol. The van der Waals surface area contributed by atoms with Gasteiger partial charge in [0, 0.05) is 48.8 Å². The number of morpholine rings is 1. The first-order valence-electron chi connectivity index (χ1n) is 12.6. The Kier molecular flexibility index (Phi) is 7.45. The highest BCUT2D eigenvalue weighted by molar-refractivity contribution is 5.80. The van der Waals surface area contributed by atoms with Crippen LogP contribution in [0.1, 0.15) is 75.1 Å². The third kappa shape index (κ3) is 4.97. The molecule has 0 amide bonds. The van der Waals surface area contributed by atoms with E-state index in [1.165, 1.54) is 5.56 Å². The van der Waals surface area contributed by atoms with Crippen molar-refractivity contribution < 1.29 is 4.74 Å². The van der Waals surface area contributed by atoms with Crippen LogP contribution in [0, 0.1) is 13.8 Å². The predicted octanol–water partition coefficient (Wildman–Crippen LogP) is 5.47. The van der Waals surface area contributed by atoms with Crippen molar-refractivity contribution in [2.45, 2.75) is 72.8 Å². The van der Waals surface area contributed by atoms with Gasteiger partial charge in [-0.15, -0.1) is 0 Å². The van der Waals surface area contributed by atoms with Crippen LogP contribution in [0.25, 0.3) is 22.4 Å². The van der Waals surface area contributed by atoms with Gasteiger partial charge < -0.3 is 9.30 Å². The summed E-state index contributed by atoms with van der Waals surface area (Å²) in [4.78, 5) is 17.8. The lowest BCUT2D eigenvalue weighted by Crippen LogP contribution is -2.39. The molecule has 0 saturated carbocycles. The molecule has 3 aromatic rings. The highest BCUT2D eigenvalue weighted by Crippen LogP contribution is 2.31. The zero-order chi connectivity index (χ0) is 23.5. The average Bonchev–Trinajstić information content (AvgIpc) is 3.13. The Balaban J connectivity index is 1.75. The Morgan fingerprint density at radius 3 is 2.45 bits per heavy atom. The molecule has 6 nitrogen and oxygen atoms in total. The summed E-state index contributed by atoms with van der Waals surface area (Å²) < 4.78 is 7.94. The smallest absolute Gasteiger partial charge is 0.159 e. The van der Waals surface area contributed by atoms with Gasteiger partial charge >= 0.3 is 0 Å². The quantitative estimate of drug-likeness (QED) is 0.456. The summed E-state index contributed by atoms with van der Waals surface area (Å²) in [5.74, 6) is 0.414. The molecule has 0 radical (unpaired) electrons. The minimum absolute atomic E-state index is 0.391. The first-order valence-corrected chi connectivity index (χ1v) is 12.6. The molecule has 0 bridgehead atoms. The maximum absolute atomic E-state index is 5.56. The van der Waals surface area contributed by atoms with E-state index < -0.39 is 0 Å². The molecule has 1 fully saturated rings. The third-order valence-corrected chi connectivity index (χ3v) is 6.77. The molecule has 4 heterocycles. The zero-order valence-corrected chi connectivity index (χ0v) is 21.2. The molecule has 4 rings (SSSR count). The van der Waals surface area contributed by atoms with Crippen molar-refractivity contribution in [3.8, 4) is 11.3 Å². The van der Waals surface area contributed by atoms with Crippen molar-refractivity contribution in [3.63, 3.8) is 0 Å². The summed E-state index contributed by atoms with van der Waals surface area (Å²) >= 11 is 0. The van der Waals surface area contributed by atoms with Crippen LogP contribution >= 0.6 is 0 Å². The van der Waals surface area contributed by atoms with Crippen molar-refractivity contribution in [1.29, 1.82) is 0 Å². The molecule has 0 spiro atoms. The topological polar surface area (TPSA) is 56.1 Å². The van der Waals surface area contributed by atoms with Crippen molar-refractivity contribution >= 4 is 11.2 Å². The standard InChI is InChI=1S/C27H39N5O/c1-7-9-21(17-31-12-14-33-15-13-31)32-16-19(5)25-27(32)28-20(6)26(30-25)22-10-11-24(18(3)4)29-23(22)8-2/h10-11,16,18,21H,7-9,12-15,17H2,1-6H3. The van der Waals surface area contributed by atoms with Gasteiger partial charge in [-0.3, -0.25) is 9.88 Å². The fourth-order valence-corrected chi connectivity index (χ4v) is 4.87. The van der Waals surface area contributed by atoms with E-state index >= 15 is 0 Å². The van der Waals surface area contributed by atoms with Crippen LogP contribution in [0.4, 0.5) is 0 Å².